The van der Waals surface area contributed by atoms with E-state index in [2.05, 4.69) is 19.2 Å². The van der Waals surface area contributed by atoms with Gasteiger partial charge in [-0.25, -0.2) is 4.39 Å². The summed E-state index contributed by atoms with van der Waals surface area (Å²) in [7, 11) is 0. The number of carbonyl (C=O) groups excluding carboxylic acids is 1. The molecule has 0 aliphatic carbocycles. The third kappa shape index (κ3) is 6.47. The van der Waals surface area contributed by atoms with Gasteiger partial charge in [0.15, 0.2) is 0 Å². The predicted octanol–water partition coefficient (Wildman–Crippen LogP) is 3.52. The number of thioether (sulfide) groups is 1. The molecule has 1 rings (SSSR count). The van der Waals surface area contributed by atoms with Crippen LogP contribution in [0.3, 0.4) is 0 Å². The molecule has 0 spiro atoms. The zero-order valence-electron chi connectivity index (χ0n) is 11.4. The molecule has 1 aromatic rings. The van der Waals surface area contributed by atoms with Crippen LogP contribution in [0.1, 0.15) is 26.7 Å². The fraction of sp³-hybridized carbons (Fsp3) is 0.500. The van der Waals surface area contributed by atoms with Crippen LogP contribution >= 0.6 is 11.8 Å². The van der Waals surface area contributed by atoms with E-state index in [1.807, 2.05) is 11.8 Å². The van der Waals surface area contributed by atoms with Gasteiger partial charge >= 0.3 is 0 Å². The van der Waals surface area contributed by atoms with Gasteiger partial charge in [-0.2, -0.15) is 11.8 Å². The maximum atomic E-state index is 13.4. The minimum Gasteiger partial charge on any atom is -0.399 e. The van der Waals surface area contributed by atoms with Gasteiger partial charge < -0.3 is 11.1 Å². The molecule has 106 valence electrons. The lowest BCUT2D eigenvalue weighted by molar-refractivity contribution is -0.116. The number of halogens is 1. The monoisotopic (exact) mass is 284 g/mol. The van der Waals surface area contributed by atoms with Crippen molar-refractivity contribution in [2.75, 3.05) is 22.6 Å². The Kier molecular flexibility index (Phi) is 6.70. The van der Waals surface area contributed by atoms with E-state index in [-0.39, 0.29) is 11.6 Å². The fourth-order valence-corrected chi connectivity index (χ4v) is 2.49. The predicted molar refractivity (Wildman–Crippen MR) is 80.8 cm³/mol. The van der Waals surface area contributed by atoms with Crippen molar-refractivity contribution in [3.05, 3.63) is 24.0 Å². The van der Waals surface area contributed by atoms with Crippen molar-refractivity contribution in [1.82, 2.24) is 0 Å². The first-order chi connectivity index (χ1) is 8.99. The van der Waals surface area contributed by atoms with E-state index >= 15 is 0 Å². The molecule has 0 atom stereocenters. The van der Waals surface area contributed by atoms with Crippen LogP contribution in [-0.4, -0.2) is 17.4 Å². The largest absolute Gasteiger partial charge is 0.399 e. The number of anilines is 2. The third-order valence-corrected chi connectivity index (χ3v) is 3.89. The maximum Gasteiger partial charge on any atom is 0.224 e. The molecule has 0 aliphatic heterocycles. The van der Waals surface area contributed by atoms with Crippen molar-refractivity contribution < 1.29 is 9.18 Å². The van der Waals surface area contributed by atoms with Gasteiger partial charge in [0.2, 0.25) is 5.91 Å². The van der Waals surface area contributed by atoms with Gasteiger partial charge in [0, 0.05) is 12.1 Å². The van der Waals surface area contributed by atoms with Crippen molar-refractivity contribution in [3.8, 4) is 0 Å². The molecule has 0 saturated heterocycles. The lowest BCUT2D eigenvalue weighted by Crippen LogP contribution is -2.13. The Morgan fingerprint density at radius 1 is 1.47 bits per heavy atom. The van der Waals surface area contributed by atoms with Crippen LogP contribution in [0.5, 0.6) is 0 Å². The molecule has 0 heterocycles. The van der Waals surface area contributed by atoms with Crippen molar-refractivity contribution in [2.24, 2.45) is 5.92 Å². The highest BCUT2D eigenvalue weighted by Gasteiger charge is 2.07. The smallest absolute Gasteiger partial charge is 0.224 e. The average molecular weight is 284 g/mol. The van der Waals surface area contributed by atoms with Gasteiger partial charge in [-0.3, -0.25) is 4.79 Å². The highest BCUT2D eigenvalue weighted by Crippen LogP contribution is 2.18. The molecule has 0 aromatic heterocycles. The molecule has 19 heavy (non-hydrogen) atoms. The van der Waals surface area contributed by atoms with Gasteiger partial charge in [0.25, 0.3) is 0 Å². The van der Waals surface area contributed by atoms with Crippen molar-refractivity contribution in [1.29, 1.82) is 0 Å². The lowest BCUT2D eigenvalue weighted by atomic mass is 10.2. The van der Waals surface area contributed by atoms with Crippen LogP contribution in [0.15, 0.2) is 18.2 Å². The highest BCUT2D eigenvalue weighted by atomic mass is 32.2. The molecule has 5 heteroatoms. The second kappa shape index (κ2) is 8.04. The second-order valence-corrected chi connectivity index (χ2v) is 6.01. The highest BCUT2D eigenvalue weighted by molar-refractivity contribution is 7.99. The normalized spacial score (nSPS) is 10.7. The van der Waals surface area contributed by atoms with Crippen LogP contribution in [0.2, 0.25) is 0 Å². The molecular formula is C14H21FN2OS. The molecule has 0 saturated carbocycles. The summed E-state index contributed by atoms with van der Waals surface area (Å²) in [5.41, 5.74) is 6.14. The second-order valence-electron chi connectivity index (χ2n) is 4.86. The summed E-state index contributed by atoms with van der Waals surface area (Å²) in [6.45, 7) is 4.34. The topological polar surface area (TPSA) is 55.1 Å². The summed E-state index contributed by atoms with van der Waals surface area (Å²) in [6, 6.07) is 4.15. The molecule has 3 nitrogen and oxygen atoms in total. The van der Waals surface area contributed by atoms with Crippen LogP contribution in [0, 0.1) is 11.7 Å². The third-order valence-electron chi connectivity index (χ3n) is 2.41. The van der Waals surface area contributed by atoms with Crippen molar-refractivity contribution in [2.45, 2.75) is 26.7 Å². The number of nitrogens with two attached hydrogens (primary N) is 1. The number of benzene rings is 1. The molecule has 0 radical (unpaired) electrons. The number of nitrogens with one attached hydrogen (secondary N) is 1. The van der Waals surface area contributed by atoms with Crippen LogP contribution in [-0.2, 0) is 4.79 Å². The number of hydrogen-bond acceptors (Lipinski definition) is 3. The number of hydrogen-bond donors (Lipinski definition) is 2. The van der Waals surface area contributed by atoms with E-state index in [1.54, 1.807) is 0 Å². The van der Waals surface area contributed by atoms with Gasteiger partial charge in [-0.15, -0.1) is 0 Å². The summed E-state index contributed by atoms with van der Waals surface area (Å²) >= 11 is 1.84. The quantitative estimate of drug-likeness (QED) is 0.595. The molecule has 1 amide bonds. The zero-order chi connectivity index (χ0) is 14.3. The van der Waals surface area contributed by atoms with Gasteiger partial charge in [0.1, 0.15) is 5.82 Å². The van der Waals surface area contributed by atoms with E-state index in [1.165, 1.54) is 18.2 Å². The summed E-state index contributed by atoms with van der Waals surface area (Å²) in [6.07, 6.45) is 1.20. The van der Waals surface area contributed by atoms with Gasteiger partial charge in [-0.05, 0) is 42.0 Å². The van der Waals surface area contributed by atoms with Gasteiger partial charge in [0.05, 0.1) is 5.69 Å². The zero-order valence-corrected chi connectivity index (χ0v) is 12.2. The minimum atomic E-state index is -0.461. The molecular weight excluding hydrogens is 263 g/mol. The Labute approximate surface area is 118 Å². The standard InChI is InChI=1S/C14H21FN2OS/c1-10(2)9-19-7-3-4-14(18)17-13-8-11(16)5-6-12(13)15/h5-6,8,10H,3-4,7,9,16H2,1-2H3,(H,17,18). The Morgan fingerprint density at radius 2 is 2.21 bits per heavy atom. The maximum absolute atomic E-state index is 13.4. The van der Waals surface area contributed by atoms with Crippen molar-refractivity contribution >= 4 is 29.0 Å². The first-order valence-electron chi connectivity index (χ1n) is 6.41. The number of rotatable bonds is 7. The summed E-state index contributed by atoms with van der Waals surface area (Å²) < 4.78 is 13.4. The van der Waals surface area contributed by atoms with Crippen LogP contribution < -0.4 is 11.1 Å². The summed E-state index contributed by atoms with van der Waals surface area (Å²) in [4.78, 5) is 11.6. The molecule has 3 N–H and O–H groups in total. The van der Waals surface area contributed by atoms with Crippen molar-refractivity contribution in [3.63, 3.8) is 0 Å². The SMILES string of the molecule is CC(C)CSCCCC(=O)Nc1cc(N)ccc1F. The lowest BCUT2D eigenvalue weighted by Gasteiger charge is -2.07. The number of amides is 1. The average Bonchev–Trinajstić information content (AvgIpc) is 2.33. The first-order valence-corrected chi connectivity index (χ1v) is 7.57. The minimum absolute atomic E-state index is 0.153. The molecule has 0 aliphatic rings. The van der Waals surface area contributed by atoms with E-state index in [0.717, 1.165) is 17.9 Å². The molecule has 0 bridgehead atoms. The van der Waals surface area contributed by atoms with E-state index in [4.69, 9.17) is 5.73 Å². The Morgan fingerprint density at radius 3 is 2.89 bits per heavy atom. The van der Waals surface area contributed by atoms with Crippen LogP contribution in [0.4, 0.5) is 15.8 Å². The fourth-order valence-electron chi connectivity index (χ4n) is 1.51. The summed E-state index contributed by atoms with van der Waals surface area (Å²) in [5, 5.41) is 2.55. The Balaban J connectivity index is 2.29. The van der Waals surface area contributed by atoms with Gasteiger partial charge in [-0.1, -0.05) is 13.8 Å². The Bertz CT molecular complexity index is 424. The number of nitrogen functional groups attached to an aromatic ring is 1. The summed E-state index contributed by atoms with van der Waals surface area (Å²) in [5.74, 6) is 2.09. The number of carbonyl (C=O) groups is 1. The molecule has 1 aromatic carbocycles. The first kappa shape index (κ1) is 15.8. The molecule has 0 unspecified atom stereocenters. The molecule has 0 fully saturated rings. The van der Waals surface area contributed by atoms with E-state index < -0.39 is 5.82 Å². The van der Waals surface area contributed by atoms with E-state index in [0.29, 0.717) is 18.0 Å². The Hall–Kier alpha value is -1.23. The van der Waals surface area contributed by atoms with Crippen LogP contribution in [0.25, 0.3) is 0 Å². The van der Waals surface area contributed by atoms with E-state index in [9.17, 15) is 9.18 Å².